The van der Waals surface area contributed by atoms with E-state index in [1.807, 2.05) is 0 Å². The molecule has 0 radical (unpaired) electrons. The third kappa shape index (κ3) is 1.94. The number of amides is 1. The predicted octanol–water partition coefficient (Wildman–Crippen LogP) is 1.94. The summed E-state index contributed by atoms with van der Waals surface area (Å²) in [6.07, 6.45) is 4.99. The second-order valence-electron chi connectivity index (χ2n) is 6.15. The van der Waals surface area contributed by atoms with Crippen molar-refractivity contribution in [3.63, 3.8) is 0 Å². The summed E-state index contributed by atoms with van der Waals surface area (Å²) in [6, 6.07) is 0.131. The fourth-order valence-corrected chi connectivity index (χ4v) is 2.96. The average molecular weight is 239 g/mol. The first-order valence-electron chi connectivity index (χ1n) is 6.43. The number of nitrogens with one attached hydrogen (secondary N) is 1. The summed E-state index contributed by atoms with van der Waals surface area (Å²) in [7, 11) is 0. The number of carboxylic acids is 1. The molecule has 17 heavy (non-hydrogen) atoms. The van der Waals surface area contributed by atoms with Crippen molar-refractivity contribution in [3.8, 4) is 0 Å². The molecule has 2 fully saturated rings. The van der Waals surface area contributed by atoms with Gasteiger partial charge in [0.15, 0.2) is 0 Å². The summed E-state index contributed by atoms with van der Waals surface area (Å²) >= 11 is 0. The number of carboxylic acid groups (broad SMARTS) is 1. The van der Waals surface area contributed by atoms with E-state index in [1.165, 1.54) is 0 Å². The molecule has 2 aliphatic carbocycles. The molecule has 96 valence electrons. The maximum atomic E-state index is 12.1. The fourth-order valence-electron chi connectivity index (χ4n) is 2.96. The maximum Gasteiger partial charge on any atom is 0.319 e. The van der Waals surface area contributed by atoms with Gasteiger partial charge in [-0.3, -0.25) is 9.59 Å². The minimum atomic E-state index is -1.13. The van der Waals surface area contributed by atoms with Crippen LogP contribution in [-0.4, -0.2) is 23.0 Å². The van der Waals surface area contributed by atoms with Crippen molar-refractivity contribution in [1.82, 2.24) is 5.32 Å². The van der Waals surface area contributed by atoms with Gasteiger partial charge >= 0.3 is 5.97 Å². The lowest BCUT2D eigenvalue weighted by Crippen LogP contribution is -2.55. The first-order valence-corrected chi connectivity index (χ1v) is 6.43. The number of aliphatic carboxylic acids is 1. The van der Waals surface area contributed by atoms with Crippen molar-refractivity contribution in [2.45, 2.75) is 58.4 Å². The molecular formula is C13H21NO3. The molecule has 0 spiro atoms. The van der Waals surface area contributed by atoms with Crippen LogP contribution in [0.3, 0.4) is 0 Å². The summed E-state index contributed by atoms with van der Waals surface area (Å²) in [5, 5.41) is 12.2. The van der Waals surface area contributed by atoms with E-state index in [2.05, 4.69) is 19.2 Å². The van der Waals surface area contributed by atoms with Crippen molar-refractivity contribution in [2.75, 3.05) is 0 Å². The van der Waals surface area contributed by atoms with E-state index in [-0.39, 0.29) is 17.4 Å². The lowest BCUT2D eigenvalue weighted by Gasteiger charge is -2.38. The Hall–Kier alpha value is -1.06. The summed E-state index contributed by atoms with van der Waals surface area (Å²) < 4.78 is 0. The average Bonchev–Trinajstić information content (AvgIpc) is 2.43. The number of hydrogen-bond donors (Lipinski definition) is 2. The Morgan fingerprint density at radius 2 is 1.82 bits per heavy atom. The van der Waals surface area contributed by atoms with Gasteiger partial charge in [-0.1, -0.05) is 26.7 Å². The van der Waals surface area contributed by atoms with Gasteiger partial charge in [-0.15, -0.1) is 0 Å². The first-order chi connectivity index (χ1) is 7.88. The molecule has 2 saturated carbocycles. The van der Waals surface area contributed by atoms with Crippen LogP contribution in [0.15, 0.2) is 0 Å². The highest BCUT2D eigenvalue weighted by molar-refractivity contribution is 6.03. The van der Waals surface area contributed by atoms with Gasteiger partial charge in [0.2, 0.25) is 5.91 Å². The highest BCUT2D eigenvalue weighted by atomic mass is 16.4. The topological polar surface area (TPSA) is 66.4 Å². The number of hydrogen-bond acceptors (Lipinski definition) is 2. The molecule has 1 amide bonds. The van der Waals surface area contributed by atoms with Crippen LogP contribution >= 0.6 is 0 Å². The predicted molar refractivity (Wildman–Crippen MR) is 63.5 cm³/mol. The zero-order valence-corrected chi connectivity index (χ0v) is 10.6. The quantitative estimate of drug-likeness (QED) is 0.740. The molecule has 2 N–H and O–H groups in total. The van der Waals surface area contributed by atoms with Crippen molar-refractivity contribution < 1.29 is 14.7 Å². The van der Waals surface area contributed by atoms with E-state index >= 15 is 0 Å². The Bertz CT molecular complexity index is 345. The third-order valence-electron chi connectivity index (χ3n) is 4.61. The minimum absolute atomic E-state index is 0.0963. The first kappa shape index (κ1) is 12.4. The molecule has 1 atom stereocenters. The van der Waals surface area contributed by atoms with Crippen LogP contribution in [0.2, 0.25) is 0 Å². The van der Waals surface area contributed by atoms with Crippen LogP contribution in [-0.2, 0) is 9.59 Å². The highest BCUT2D eigenvalue weighted by Gasteiger charge is 2.52. The molecule has 0 heterocycles. The Labute approximate surface area is 102 Å². The molecule has 0 aromatic heterocycles. The van der Waals surface area contributed by atoms with E-state index < -0.39 is 11.4 Å². The largest absolute Gasteiger partial charge is 0.480 e. The molecule has 4 heteroatoms. The van der Waals surface area contributed by atoms with Crippen LogP contribution in [0.25, 0.3) is 0 Å². The van der Waals surface area contributed by atoms with Gasteiger partial charge < -0.3 is 10.4 Å². The molecule has 2 rings (SSSR count). The van der Waals surface area contributed by atoms with Crippen molar-refractivity contribution in [1.29, 1.82) is 0 Å². The number of carbonyl (C=O) groups is 2. The fraction of sp³-hybridized carbons (Fsp3) is 0.846. The SMILES string of the molecule is CC1(C)CCCC1NC(=O)C1(C(=O)O)CCC1. The molecule has 2 aliphatic rings. The second-order valence-corrected chi connectivity index (χ2v) is 6.15. The van der Waals surface area contributed by atoms with Gasteiger partial charge in [0.1, 0.15) is 5.41 Å². The molecule has 0 aromatic rings. The van der Waals surface area contributed by atoms with Gasteiger partial charge in [-0.05, 0) is 31.1 Å². The van der Waals surface area contributed by atoms with Gasteiger partial charge in [0.25, 0.3) is 0 Å². The smallest absolute Gasteiger partial charge is 0.319 e. The van der Waals surface area contributed by atoms with Gasteiger partial charge in [0.05, 0.1) is 0 Å². The van der Waals surface area contributed by atoms with Gasteiger partial charge in [-0.2, -0.15) is 0 Å². The van der Waals surface area contributed by atoms with Crippen molar-refractivity contribution >= 4 is 11.9 Å². The van der Waals surface area contributed by atoms with Crippen molar-refractivity contribution in [2.24, 2.45) is 10.8 Å². The molecule has 0 saturated heterocycles. The molecule has 4 nitrogen and oxygen atoms in total. The lowest BCUT2D eigenvalue weighted by atomic mass is 9.68. The molecule has 0 bridgehead atoms. The number of carbonyl (C=O) groups excluding carboxylic acids is 1. The third-order valence-corrected chi connectivity index (χ3v) is 4.61. The summed E-state index contributed by atoms with van der Waals surface area (Å²) in [4.78, 5) is 23.4. The summed E-state index contributed by atoms with van der Waals surface area (Å²) in [5.41, 5.74) is -1.03. The maximum absolute atomic E-state index is 12.1. The molecule has 0 aromatic carbocycles. The highest BCUT2D eigenvalue weighted by Crippen LogP contribution is 2.43. The zero-order chi connectivity index (χ0) is 12.7. The number of rotatable bonds is 3. The standard InChI is InChI=1S/C13H21NO3/c1-12(2)6-3-5-9(12)14-10(15)13(11(16)17)7-4-8-13/h9H,3-8H2,1-2H3,(H,14,15)(H,16,17). The van der Waals surface area contributed by atoms with Gasteiger partial charge in [0, 0.05) is 6.04 Å². The van der Waals surface area contributed by atoms with Crippen LogP contribution < -0.4 is 5.32 Å². The van der Waals surface area contributed by atoms with E-state index in [0.29, 0.717) is 12.8 Å². The monoisotopic (exact) mass is 239 g/mol. The normalized spacial score (nSPS) is 29.4. The second kappa shape index (κ2) is 4.00. The van der Waals surface area contributed by atoms with Crippen molar-refractivity contribution in [3.05, 3.63) is 0 Å². The summed E-state index contributed by atoms with van der Waals surface area (Å²) in [5.74, 6) is -1.23. The minimum Gasteiger partial charge on any atom is -0.480 e. The summed E-state index contributed by atoms with van der Waals surface area (Å²) in [6.45, 7) is 4.28. The van der Waals surface area contributed by atoms with E-state index in [9.17, 15) is 14.7 Å². The zero-order valence-electron chi connectivity index (χ0n) is 10.6. The van der Waals surface area contributed by atoms with E-state index in [4.69, 9.17) is 0 Å². The Morgan fingerprint density at radius 3 is 2.18 bits per heavy atom. The molecule has 0 aliphatic heterocycles. The van der Waals surface area contributed by atoms with Crippen LogP contribution in [0.4, 0.5) is 0 Å². The Kier molecular flexibility index (Phi) is 2.92. The molecular weight excluding hydrogens is 218 g/mol. The van der Waals surface area contributed by atoms with Gasteiger partial charge in [-0.25, -0.2) is 0 Å². The van der Waals surface area contributed by atoms with Crippen LogP contribution in [0, 0.1) is 10.8 Å². The van der Waals surface area contributed by atoms with E-state index in [0.717, 1.165) is 25.7 Å². The lowest BCUT2D eigenvalue weighted by molar-refractivity contribution is -0.162. The Balaban J connectivity index is 2.04. The van der Waals surface area contributed by atoms with Crippen LogP contribution in [0.1, 0.15) is 52.4 Å². The molecule has 1 unspecified atom stereocenters. The Morgan fingerprint density at radius 1 is 1.18 bits per heavy atom. The van der Waals surface area contributed by atoms with Crippen LogP contribution in [0.5, 0.6) is 0 Å². The van der Waals surface area contributed by atoms with E-state index in [1.54, 1.807) is 0 Å².